The average Bonchev–Trinajstić information content (AvgIpc) is 3.30. The molecule has 0 radical (unpaired) electrons. The quantitative estimate of drug-likeness (QED) is 0.409. The Hall–Kier alpha value is -2.67. The molecule has 3 rings (SSSR count). The SMILES string of the molecule is CCNCc1cc(-c2cc(-c3c(C(F)(F)F)c(C(F)(F)C(F)(F)F)nn3C)no2)ccc1Cl. The molecule has 1 aromatic carbocycles. The number of benzene rings is 1. The van der Waals surface area contributed by atoms with Crippen LogP contribution in [0.4, 0.5) is 35.1 Å². The van der Waals surface area contributed by atoms with Crippen LogP contribution in [-0.4, -0.2) is 27.7 Å². The molecule has 0 spiro atoms. The van der Waals surface area contributed by atoms with Gasteiger partial charge < -0.3 is 9.84 Å². The predicted molar refractivity (Wildman–Crippen MR) is 101 cm³/mol. The van der Waals surface area contributed by atoms with Crippen LogP contribution in [0.5, 0.6) is 0 Å². The van der Waals surface area contributed by atoms with Crippen LogP contribution < -0.4 is 5.32 Å². The smallest absolute Gasteiger partial charge is 0.356 e. The van der Waals surface area contributed by atoms with E-state index < -0.39 is 40.9 Å². The van der Waals surface area contributed by atoms with Crippen molar-refractivity contribution < 1.29 is 39.6 Å². The van der Waals surface area contributed by atoms with Crippen molar-refractivity contribution in [3.8, 4) is 22.7 Å². The molecule has 180 valence electrons. The first-order valence-electron chi connectivity index (χ1n) is 9.24. The van der Waals surface area contributed by atoms with E-state index in [1.54, 1.807) is 6.07 Å². The molecular weight excluding hydrogens is 488 g/mol. The molecule has 0 aliphatic rings. The number of rotatable bonds is 6. The van der Waals surface area contributed by atoms with Crippen molar-refractivity contribution in [2.24, 2.45) is 7.05 Å². The molecule has 0 saturated carbocycles. The van der Waals surface area contributed by atoms with E-state index in [4.69, 9.17) is 16.1 Å². The van der Waals surface area contributed by atoms with E-state index in [1.807, 2.05) is 6.92 Å². The maximum absolute atomic E-state index is 13.9. The number of hydrogen-bond donors (Lipinski definition) is 1. The number of aromatic nitrogens is 3. The third-order valence-electron chi connectivity index (χ3n) is 4.63. The molecule has 0 aliphatic carbocycles. The monoisotopic (exact) mass is 502 g/mol. The highest BCUT2D eigenvalue weighted by Gasteiger charge is 2.64. The lowest BCUT2D eigenvalue weighted by Gasteiger charge is -2.19. The zero-order valence-electron chi connectivity index (χ0n) is 16.9. The molecule has 14 heteroatoms. The van der Waals surface area contributed by atoms with Gasteiger partial charge in [0.15, 0.2) is 11.5 Å². The molecule has 0 fully saturated rings. The van der Waals surface area contributed by atoms with Gasteiger partial charge in [-0.1, -0.05) is 23.7 Å². The Morgan fingerprint density at radius 3 is 2.30 bits per heavy atom. The highest BCUT2D eigenvalue weighted by molar-refractivity contribution is 6.31. The zero-order chi connectivity index (χ0) is 24.8. The summed E-state index contributed by atoms with van der Waals surface area (Å²) in [6.45, 7) is 2.88. The van der Waals surface area contributed by atoms with Crippen LogP contribution >= 0.6 is 11.6 Å². The van der Waals surface area contributed by atoms with Crippen LogP contribution in [0.15, 0.2) is 28.8 Å². The largest absolute Gasteiger partial charge is 0.459 e. The molecule has 0 bridgehead atoms. The lowest BCUT2D eigenvalue weighted by molar-refractivity contribution is -0.292. The Morgan fingerprint density at radius 2 is 1.73 bits per heavy atom. The molecule has 5 nitrogen and oxygen atoms in total. The van der Waals surface area contributed by atoms with Crippen LogP contribution in [0.2, 0.25) is 5.02 Å². The summed E-state index contributed by atoms with van der Waals surface area (Å²) in [5.74, 6) is -5.91. The standard InChI is InChI=1S/C19H15ClF8N4O/c1-3-29-8-10-6-9(4-5-11(10)20)13-7-12(31-33-13)15-14(18(23,24)25)16(30-32(15)2)17(21,22)19(26,27)28/h4-7,29H,3,8H2,1-2H3. The topological polar surface area (TPSA) is 55.9 Å². The fraction of sp³-hybridized carbons (Fsp3) is 0.368. The van der Waals surface area contributed by atoms with Crippen molar-refractivity contribution in [3.05, 3.63) is 46.1 Å². The summed E-state index contributed by atoms with van der Waals surface area (Å²) < 4.78 is 112. The first-order chi connectivity index (χ1) is 15.2. The number of hydrogen-bond acceptors (Lipinski definition) is 4. The van der Waals surface area contributed by atoms with E-state index in [1.165, 1.54) is 12.1 Å². The normalized spacial score (nSPS) is 13.1. The van der Waals surface area contributed by atoms with Crippen LogP contribution in [0.1, 0.15) is 23.7 Å². The number of halogens is 9. The minimum Gasteiger partial charge on any atom is -0.356 e. The Labute approximate surface area is 186 Å². The third kappa shape index (κ3) is 4.69. The van der Waals surface area contributed by atoms with Gasteiger partial charge in [0.25, 0.3) is 0 Å². The van der Waals surface area contributed by atoms with E-state index in [-0.39, 0.29) is 10.4 Å². The van der Waals surface area contributed by atoms with Gasteiger partial charge in [0, 0.05) is 30.2 Å². The fourth-order valence-corrected chi connectivity index (χ4v) is 3.27. The summed E-state index contributed by atoms with van der Waals surface area (Å²) in [5, 5.41) is 9.76. The predicted octanol–water partition coefficient (Wildman–Crippen LogP) is 6.18. The van der Waals surface area contributed by atoms with Crippen molar-refractivity contribution in [3.63, 3.8) is 0 Å². The Kier molecular flexibility index (Phi) is 6.50. The fourth-order valence-electron chi connectivity index (χ4n) is 3.09. The molecule has 2 heterocycles. The Balaban J connectivity index is 2.13. The zero-order valence-corrected chi connectivity index (χ0v) is 17.6. The van der Waals surface area contributed by atoms with Gasteiger partial charge >= 0.3 is 18.3 Å². The van der Waals surface area contributed by atoms with Gasteiger partial charge in [-0.15, -0.1) is 0 Å². The van der Waals surface area contributed by atoms with Crippen molar-refractivity contribution in [2.45, 2.75) is 31.7 Å². The minimum atomic E-state index is -6.29. The highest BCUT2D eigenvalue weighted by Crippen LogP contribution is 2.50. The van der Waals surface area contributed by atoms with Crippen LogP contribution in [0.3, 0.4) is 0 Å². The van der Waals surface area contributed by atoms with Crippen LogP contribution in [0, 0.1) is 0 Å². The van der Waals surface area contributed by atoms with E-state index in [0.717, 1.165) is 13.1 Å². The molecule has 2 aromatic heterocycles. The van der Waals surface area contributed by atoms with Crippen molar-refractivity contribution in [1.29, 1.82) is 0 Å². The van der Waals surface area contributed by atoms with Gasteiger partial charge in [-0.2, -0.15) is 40.2 Å². The van der Waals surface area contributed by atoms with E-state index in [9.17, 15) is 35.1 Å². The number of alkyl halides is 8. The van der Waals surface area contributed by atoms with Gasteiger partial charge in [0.05, 0.1) is 0 Å². The minimum absolute atomic E-state index is 0.0575. The molecule has 1 N–H and O–H groups in total. The second kappa shape index (κ2) is 8.60. The molecule has 0 aliphatic heterocycles. The first kappa shape index (κ1) is 25.0. The number of nitrogens with zero attached hydrogens (tertiary/aromatic N) is 3. The molecular formula is C19H15ClF8N4O. The first-order valence-corrected chi connectivity index (χ1v) is 9.62. The summed E-state index contributed by atoms with van der Waals surface area (Å²) in [5.41, 5.74) is -5.46. The highest BCUT2D eigenvalue weighted by atomic mass is 35.5. The van der Waals surface area contributed by atoms with Crippen molar-refractivity contribution in [1.82, 2.24) is 20.3 Å². The van der Waals surface area contributed by atoms with Gasteiger partial charge in [0.1, 0.15) is 17.0 Å². The molecule has 33 heavy (non-hydrogen) atoms. The summed E-state index contributed by atoms with van der Waals surface area (Å²) in [6, 6.07) is 5.56. The van der Waals surface area contributed by atoms with Gasteiger partial charge in [-0.05, 0) is 30.3 Å². The summed E-state index contributed by atoms with van der Waals surface area (Å²) in [6.07, 6.45) is -11.9. The number of nitrogens with one attached hydrogen (secondary N) is 1. The third-order valence-corrected chi connectivity index (χ3v) is 5.00. The Bertz CT molecular complexity index is 1150. The van der Waals surface area contributed by atoms with Gasteiger partial charge in [0.2, 0.25) is 0 Å². The lowest BCUT2D eigenvalue weighted by atomic mass is 10.0. The molecule has 0 atom stereocenters. The summed E-state index contributed by atoms with van der Waals surface area (Å²) in [7, 11) is 0.797. The maximum Gasteiger partial charge on any atom is 0.459 e. The molecule has 0 unspecified atom stereocenters. The van der Waals surface area contributed by atoms with Crippen LogP contribution in [0.25, 0.3) is 22.7 Å². The van der Waals surface area contributed by atoms with Crippen LogP contribution in [-0.2, 0) is 25.7 Å². The maximum atomic E-state index is 13.9. The lowest BCUT2D eigenvalue weighted by Crippen LogP contribution is -2.36. The average molecular weight is 503 g/mol. The molecule has 3 aromatic rings. The van der Waals surface area contributed by atoms with Gasteiger partial charge in [-0.3, -0.25) is 4.68 Å². The summed E-state index contributed by atoms with van der Waals surface area (Å²) in [4.78, 5) is 0. The van der Waals surface area contributed by atoms with E-state index >= 15 is 0 Å². The van der Waals surface area contributed by atoms with Gasteiger partial charge in [-0.25, -0.2) is 0 Å². The van der Waals surface area contributed by atoms with Crippen molar-refractivity contribution in [2.75, 3.05) is 6.54 Å². The second-order valence-corrected chi connectivity index (χ2v) is 7.34. The summed E-state index contributed by atoms with van der Waals surface area (Å²) >= 11 is 6.11. The second-order valence-electron chi connectivity index (χ2n) is 6.93. The molecule has 0 amide bonds. The number of aryl methyl sites for hydroxylation is 1. The van der Waals surface area contributed by atoms with E-state index in [0.29, 0.717) is 29.2 Å². The van der Waals surface area contributed by atoms with Crippen molar-refractivity contribution >= 4 is 11.6 Å². The molecule has 0 saturated heterocycles. The van der Waals surface area contributed by atoms with E-state index in [2.05, 4.69) is 15.6 Å². The Morgan fingerprint density at radius 1 is 1.06 bits per heavy atom.